The van der Waals surface area contributed by atoms with Crippen molar-refractivity contribution < 1.29 is 0 Å². The molecule has 0 spiro atoms. The lowest BCUT2D eigenvalue weighted by molar-refractivity contribution is 0.531. The third-order valence-corrected chi connectivity index (χ3v) is 3.22. The van der Waals surface area contributed by atoms with E-state index in [1.165, 1.54) is 5.56 Å². The summed E-state index contributed by atoms with van der Waals surface area (Å²) >= 11 is 3.49. The molecule has 1 heterocycles. The number of aromatic nitrogens is 2. The van der Waals surface area contributed by atoms with Gasteiger partial charge in [0.15, 0.2) is 0 Å². The second kappa shape index (κ2) is 5.98. The highest BCUT2D eigenvalue weighted by molar-refractivity contribution is 9.10. The number of hydrogen-bond acceptors (Lipinski definition) is 2. The molecular formula is C13H16BrN3. The van der Waals surface area contributed by atoms with Crippen LogP contribution >= 0.6 is 15.9 Å². The molecular weight excluding hydrogens is 278 g/mol. The Balaban J connectivity index is 1.83. The van der Waals surface area contributed by atoms with E-state index in [0.29, 0.717) is 6.04 Å². The Bertz CT molecular complexity index is 453. The first-order valence-electron chi connectivity index (χ1n) is 5.70. The summed E-state index contributed by atoms with van der Waals surface area (Å²) in [5, 5.41) is 3.49. The average molecular weight is 294 g/mol. The van der Waals surface area contributed by atoms with E-state index >= 15 is 0 Å². The molecule has 1 unspecified atom stereocenters. The molecule has 0 saturated carbocycles. The fourth-order valence-electron chi connectivity index (χ4n) is 1.72. The zero-order valence-corrected chi connectivity index (χ0v) is 11.4. The minimum absolute atomic E-state index is 0.357. The summed E-state index contributed by atoms with van der Waals surface area (Å²) in [7, 11) is 0. The van der Waals surface area contributed by atoms with Crippen LogP contribution in [0.2, 0.25) is 0 Å². The predicted molar refractivity (Wildman–Crippen MR) is 72.8 cm³/mol. The van der Waals surface area contributed by atoms with E-state index in [1.54, 1.807) is 6.20 Å². The van der Waals surface area contributed by atoms with Crippen LogP contribution in [0.1, 0.15) is 18.5 Å². The van der Waals surface area contributed by atoms with Crippen molar-refractivity contribution in [3.8, 4) is 0 Å². The van der Waals surface area contributed by atoms with Gasteiger partial charge in [-0.2, -0.15) is 0 Å². The maximum Gasteiger partial charge on any atom is 0.0946 e. The van der Waals surface area contributed by atoms with E-state index in [9.17, 15) is 0 Å². The lowest BCUT2D eigenvalue weighted by atomic mass is 10.1. The van der Waals surface area contributed by atoms with Crippen molar-refractivity contribution in [2.45, 2.75) is 19.5 Å². The van der Waals surface area contributed by atoms with Gasteiger partial charge >= 0.3 is 0 Å². The Morgan fingerprint density at radius 3 is 3.06 bits per heavy atom. The first kappa shape index (κ1) is 12.3. The molecule has 0 amide bonds. The number of hydrogen-bond donors (Lipinski definition) is 1. The second-order valence-corrected chi connectivity index (χ2v) is 4.95. The lowest BCUT2D eigenvalue weighted by Gasteiger charge is -2.14. The number of halogens is 1. The van der Waals surface area contributed by atoms with Crippen LogP contribution in [-0.4, -0.2) is 16.1 Å². The summed E-state index contributed by atoms with van der Waals surface area (Å²) in [6.45, 7) is 4.05. The maximum absolute atomic E-state index is 4.02. The number of nitrogens with one attached hydrogen (secondary N) is 1. The van der Waals surface area contributed by atoms with Crippen LogP contribution in [0, 0.1) is 0 Å². The van der Waals surface area contributed by atoms with Crippen LogP contribution in [0.4, 0.5) is 0 Å². The standard InChI is InChI=1S/C13H16BrN3/c1-11(12-3-2-4-13(14)9-12)16-6-8-17-7-5-15-10-17/h2-5,7,9-11,16H,6,8H2,1H3. The maximum atomic E-state index is 4.02. The van der Waals surface area contributed by atoms with Crippen molar-refractivity contribution in [1.29, 1.82) is 0 Å². The molecule has 2 aromatic rings. The predicted octanol–water partition coefficient (Wildman–Crippen LogP) is 3.00. The SMILES string of the molecule is CC(NCCn1ccnc1)c1cccc(Br)c1. The highest BCUT2D eigenvalue weighted by atomic mass is 79.9. The minimum Gasteiger partial charge on any atom is -0.336 e. The van der Waals surface area contributed by atoms with Crippen LogP contribution < -0.4 is 5.32 Å². The van der Waals surface area contributed by atoms with Gasteiger partial charge in [0.1, 0.15) is 0 Å². The number of benzene rings is 1. The van der Waals surface area contributed by atoms with Gasteiger partial charge in [0, 0.05) is 36.0 Å². The van der Waals surface area contributed by atoms with Crippen molar-refractivity contribution in [2.24, 2.45) is 0 Å². The molecule has 1 aromatic heterocycles. The number of imidazole rings is 1. The fraction of sp³-hybridized carbons (Fsp3) is 0.308. The van der Waals surface area contributed by atoms with E-state index in [0.717, 1.165) is 17.6 Å². The zero-order valence-electron chi connectivity index (χ0n) is 9.81. The first-order chi connectivity index (χ1) is 8.25. The first-order valence-corrected chi connectivity index (χ1v) is 6.49. The molecule has 17 heavy (non-hydrogen) atoms. The third-order valence-electron chi connectivity index (χ3n) is 2.73. The highest BCUT2D eigenvalue weighted by Crippen LogP contribution is 2.17. The molecule has 1 aromatic carbocycles. The molecule has 0 bridgehead atoms. The lowest BCUT2D eigenvalue weighted by Crippen LogP contribution is -2.23. The number of rotatable bonds is 5. The monoisotopic (exact) mass is 293 g/mol. The Kier molecular flexibility index (Phi) is 4.34. The van der Waals surface area contributed by atoms with Crippen molar-refractivity contribution in [2.75, 3.05) is 6.54 Å². The topological polar surface area (TPSA) is 29.9 Å². The molecule has 0 aliphatic rings. The van der Waals surface area contributed by atoms with Gasteiger partial charge in [0.25, 0.3) is 0 Å². The Morgan fingerprint density at radius 1 is 1.47 bits per heavy atom. The molecule has 90 valence electrons. The largest absolute Gasteiger partial charge is 0.336 e. The van der Waals surface area contributed by atoms with Crippen LogP contribution in [0.3, 0.4) is 0 Å². The summed E-state index contributed by atoms with van der Waals surface area (Å²) in [5.41, 5.74) is 1.30. The Hall–Kier alpha value is -1.13. The van der Waals surface area contributed by atoms with Crippen LogP contribution in [-0.2, 0) is 6.54 Å². The molecule has 4 heteroatoms. The van der Waals surface area contributed by atoms with Gasteiger partial charge in [0.2, 0.25) is 0 Å². The van der Waals surface area contributed by atoms with E-state index in [-0.39, 0.29) is 0 Å². The van der Waals surface area contributed by atoms with Crippen molar-refractivity contribution >= 4 is 15.9 Å². The van der Waals surface area contributed by atoms with Crippen LogP contribution in [0.15, 0.2) is 47.5 Å². The van der Waals surface area contributed by atoms with Gasteiger partial charge in [-0.15, -0.1) is 0 Å². The molecule has 0 aliphatic heterocycles. The molecule has 0 aliphatic carbocycles. The Labute approximate surface area is 110 Å². The van der Waals surface area contributed by atoms with E-state index in [2.05, 4.69) is 55.9 Å². The molecule has 0 fully saturated rings. The molecule has 2 rings (SSSR count). The molecule has 1 atom stereocenters. The zero-order chi connectivity index (χ0) is 12.1. The van der Waals surface area contributed by atoms with Gasteiger partial charge in [-0.25, -0.2) is 4.98 Å². The summed E-state index contributed by atoms with van der Waals surface area (Å²) in [5.74, 6) is 0. The highest BCUT2D eigenvalue weighted by Gasteiger charge is 2.04. The smallest absolute Gasteiger partial charge is 0.0946 e. The van der Waals surface area contributed by atoms with E-state index in [4.69, 9.17) is 0 Å². The Morgan fingerprint density at radius 2 is 2.35 bits per heavy atom. The van der Waals surface area contributed by atoms with Gasteiger partial charge in [-0.3, -0.25) is 0 Å². The summed E-state index contributed by atoms with van der Waals surface area (Å²) in [6.07, 6.45) is 5.62. The van der Waals surface area contributed by atoms with Gasteiger partial charge in [0.05, 0.1) is 6.33 Å². The van der Waals surface area contributed by atoms with Crippen molar-refractivity contribution in [1.82, 2.24) is 14.9 Å². The molecule has 1 N–H and O–H groups in total. The van der Waals surface area contributed by atoms with Crippen molar-refractivity contribution in [3.05, 3.63) is 53.0 Å². The molecule has 0 saturated heterocycles. The quantitative estimate of drug-likeness (QED) is 0.918. The second-order valence-electron chi connectivity index (χ2n) is 4.03. The van der Waals surface area contributed by atoms with E-state index < -0.39 is 0 Å². The average Bonchev–Trinajstić information content (AvgIpc) is 2.82. The molecule has 3 nitrogen and oxygen atoms in total. The fourth-order valence-corrected chi connectivity index (χ4v) is 2.14. The third kappa shape index (κ3) is 3.68. The summed E-state index contributed by atoms with van der Waals surface area (Å²) in [6, 6.07) is 8.75. The van der Waals surface area contributed by atoms with Crippen LogP contribution in [0.25, 0.3) is 0 Å². The van der Waals surface area contributed by atoms with Crippen molar-refractivity contribution in [3.63, 3.8) is 0 Å². The van der Waals surface area contributed by atoms with Crippen LogP contribution in [0.5, 0.6) is 0 Å². The van der Waals surface area contributed by atoms with Gasteiger partial charge < -0.3 is 9.88 Å². The normalized spacial score (nSPS) is 12.6. The summed E-state index contributed by atoms with van der Waals surface area (Å²) < 4.78 is 3.19. The van der Waals surface area contributed by atoms with Gasteiger partial charge in [-0.05, 0) is 24.6 Å². The minimum atomic E-state index is 0.357. The van der Waals surface area contributed by atoms with Gasteiger partial charge in [-0.1, -0.05) is 28.1 Å². The summed E-state index contributed by atoms with van der Waals surface area (Å²) in [4.78, 5) is 4.02. The van der Waals surface area contributed by atoms with E-state index in [1.807, 2.05) is 18.6 Å². The molecule has 0 radical (unpaired) electrons. The number of nitrogens with zero attached hydrogens (tertiary/aromatic N) is 2.